The van der Waals surface area contributed by atoms with Gasteiger partial charge < -0.3 is 9.47 Å². The normalized spacial score (nSPS) is 11.4. The summed E-state index contributed by atoms with van der Waals surface area (Å²) in [5, 5.41) is 0.637. The van der Waals surface area contributed by atoms with Crippen LogP contribution >= 0.6 is 23.4 Å². The molecule has 0 fully saturated rings. The fraction of sp³-hybridized carbons (Fsp3) is 0.263. The highest BCUT2D eigenvalue weighted by atomic mass is 35.5. The van der Waals surface area contributed by atoms with Crippen LogP contribution in [0.15, 0.2) is 53.4 Å². The van der Waals surface area contributed by atoms with Crippen molar-refractivity contribution in [3.05, 3.63) is 53.6 Å². The second kappa shape index (κ2) is 10.7. The summed E-state index contributed by atoms with van der Waals surface area (Å²) < 4.78 is 10.9. The maximum atomic E-state index is 12.0. The molecule has 2 aromatic carbocycles. The van der Waals surface area contributed by atoms with Gasteiger partial charge in [-0.2, -0.15) is 0 Å². The van der Waals surface area contributed by atoms with Crippen molar-refractivity contribution in [2.75, 3.05) is 12.4 Å². The number of halogens is 1. The molecule has 0 saturated heterocycles. The third kappa shape index (κ3) is 7.40. The van der Waals surface area contributed by atoms with Crippen molar-refractivity contribution < 1.29 is 19.1 Å². The van der Waals surface area contributed by atoms with Gasteiger partial charge in [0.2, 0.25) is 5.91 Å². The molecule has 0 aliphatic carbocycles. The van der Waals surface area contributed by atoms with Gasteiger partial charge in [0.1, 0.15) is 11.5 Å². The van der Waals surface area contributed by atoms with Gasteiger partial charge in [-0.3, -0.25) is 20.4 Å². The van der Waals surface area contributed by atoms with Crippen LogP contribution in [0.2, 0.25) is 5.02 Å². The summed E-state index contributed by atoms with van der Waals surface area (Å²) in [7, 11) is 0. The molecule has 0 saturated carbocycles. The first kappa shape index (κ1) is 20.9. The van der Waals surface area contributed by atoms with Crippen molar-refractivity contribution in [2.45, 2.75) is 24.8 Å². The van der Waals surface area contributed by atoms with Crippen LogP contribution in [-0.4, -0.2) is 30.3 Å². The smallest absolute Gasteiger partial charge is 0.279 e. The van der Waals surface area contributed by atoms with E-state index in [-0.39, 0.29) is 11.7 Å². The number of thioether (sulfide) groups is 1. The lowest BCUT2D eigenvalue weighted by atomic mass is 10.3. The van der Waals surface area contributed by atoms with Gasteiger partial charge in [-0.05, 0) is 62.4 Å². The van der Waals surface area contributed by atoms with Crippen molar-refractivity contribution in [1.82, 2.24) is 10.9 Å². The highest BCUT2D eigenvalue weighted by Gasteiger charge is 2.15. The Balaban J connectivity index is 1.71. The van der Waals surface area contributed by atoms with E-state index < -0.39 is 12.0 Å². The number of amides is 2. The third-order valence-electron chi connectivity index (χ3n) is 3.33. The van der Waals surface area contributed by atoms with Crippen LogP contribution in [0, 0.1) is 0 Å². The number of carbonyl (C=O) groups excluding carboxylic acids is 2. The summed E-state index contributed by atoms with van der Waals surface area (Å²) in [5.74, 6) is 0.652. The SMILES string of the molecule is CCOc1ccc(OC(C)C(=O)NNC(=O)CSc2ccc(Cl)cc2)cc1. The Hall–Kier alpha value is -2.38. The van der Waals surface area contributed by atoms with Crippen LogP contribution in [0.3, 0.4) is 0 Å². The Morgan fingerprint density at radius 2 is 1.67 bits per heavy atom. The first-order valence-electron chi connectivity index (χ1n) is 8.34. The number of hydrazine groups is 1. The Labute approximate surface area is 167 Å². The van der Waals surface area contributed by atoms with Crippen LogP contribution in [-0.2, 0) is 9.59 Å². The fourth-order valence-corrected chi connectivity index (χ4v) is 2.81. The van der Waals surface area contributed by atoms with Gasteiger partial charge in [0.05, 0.1) is 12.4 Å². The van der Waals surface area contributed by atoms with E-state index in [0.29, 0.717) is 17.4 Å². The van der Waals surface area contributed by atoms with Crippen molar-refractivity contribution >= 4 is 35.2 Å². The molecule has 0 spiro atoms. The van der Waals surface area contributed by atoms with E-state index in [2.05, 4.69) is 10.9 Å². The summed E-state index contributed by atoms with van der Waals surface area (Å²) in [6, 6.07) is 14.1. The molecule has 8 heteroatoms. The molecule has 144 valence electrons. The zero-order valence-electron chi connectivity index (χ0n) is 15.0. The molecule has 2 N–H and O–H groups in total. The van der Waals surface area contributed by atoms with E-state index >= 15 is 0 Å². The predicted molar refractivity (Wildman–Crippen MR) is 106 cm³/mol. The van der Waals surface area contributed by atoms with Crippen molar-refractivity contribution in [1.29, 1.82) is 0 Å². The monoisotopic (exact) mass is 408 g/mol. The van der Waals surface area contributed by atoms with Gasteiger partial charge in [0, 0.05) is 9.92 Å². The predicted octanol–water partition coefficient (Wildman–Crippen LogP) is 3.45. The van der Waals surface area contributed by atoms with Gasteiger partial charge in [0.25, 0.3) is 5.91 Å². The molecule has 0 aromatic heterocycles. The van der Waals surface area contributed by atoms with E-state index in [0.717, 1.165) is 10.6 Å². The van der Waals surface area contributed by atoms with Crippen LogP contribution < -0.4 is 20.3 Å². The van der Waals surface area contributed by atoms with Gasteiger partial charge in [-0.25, -0.2) is 0 Å². The fourth-order valence-electron chi connectivity index (χ4n) is 1.99. The highest BCUT2D eigenvalue weighted by Crippen LogP contribution is 2.20. The van der Waals surface area contributed by atoms with E-state index in [1.54, 1.807) is 43.3 Å². The molecule has 0 heterocycles. The molecular weight excluding hydrogens is 388 g/mol. The number of hydrogen-bond donors (Lipinski definition) is 2. The molecule has 0 aliphatic heterocycles. The Morgan fingerprint density at radius 3 is 2.30 bits per heavy atom. The van der Waals surface area contributed by atoms with Gasteiger partial charge in [-0.1, -0.05) is 11.6 Å². The third-order valence-corrected chi connectivity index (χ3v) is 4.59. The second-order valence-electron chi connectivity index (χ2n) is 5.44. The molecule has 27 heavy (non-hydrogen) atoms. The van der Waals surface area contributed by atoms with Crippen LogP contribution in [0.4, 0.5) is 0 Å². The molecule has 1 atom stereocenters. The van der Waals surface area contributed by atoms with Gasteiger partial charge >= 0.3 is 0 Å². The molecule has 2 aromatic rings. The summed E-state index contributed by atoms with van der Waals surface area (Å²) in [6.45, 7) is 4.08. The molecule has 2 rings (SSSR count). The van der Waals surface area contributed by atoms with Gasteiger partial charge in [0.15, 0.2) is 6.10 Å². The minimum absolute atomic E-state index is 0.163. The van der Waals surface area contributed by atoms with E-state index in [4.69, 9.17) is 21.1 Å². The van der Waals surface area contributed by atoms with E-state index in [1.807, 2.05) is 19.1 Å². The lowest BCUT2D eigenvalue weighted by Gasteiger charge is -2.15. The van der Waals surface area contributed by atoms with Crippen molar-refractivity contribution in [2.24, 2.45) is 0 Å². The van der Waals surface area contributed by atoms with Crippen molar-refractivity contribution in [3.63, 3.8) is 0 Å². The van der Waals surface area contributed by atoms with Crippen LogP contribution in [0.25, 0.3) is 0 Å². The number of carbonyl (C=O) groups is 2. The number of ether oxygens (including phenoxy) is 2. The molecule has 6 nitrogen and oxygen atoms in total. The number of hydrogen-bond acceptors (Lipinski definition) is 5. The van der Waals surface area contributed by atoms with Crippen LogP contribution in [0.1, 0.15) is 13.8 Å². The number of nitrogens with one attached hydrogen (secondary N) is 2. The molecule has 0 bridgehead atoms. The quantitative estimate of drug-likeness (QED) is 0.516. The zero-order chi connectivity index (χ0) is 19.6. The number of benzene rings is 2. The average Bonchev–Trinajstić information content (AvgIpc) is 2.67. The molecule has 0 aliphatic rings. The summed E-state index contributed by atoms with van der Waals surface area (Å²) >= 11 is 7.15. The molecule has 0 radical (unpaired) electrons. The molecule has 2 amide bonds. The largest absolute Gasteiger partial charge is 0.494 e. The molecule has 1 unspecified atom stereocenters. The van der Waals surface area contributed by atoms with Crippen LogP contribution in [0.5, 0.6) is 11.5 Å². The van der Waals surface area contributed by atoms with Crippen molar-refractivity contribution in [3.8, 4) is 11.5 Å². The summed E-state index contributed by atoms with van der Waals surface area (Å²) in [6.07, 6.45) is -0.771. The first-order valence-corrected chi connectivity index (χ1v) is 9.71. The maximum Gasteiger partial charge on any atom is 0.279 e. The van der Waals surface area contributed by atoms with Gasteiger partial charge in [-0.15, -0.1) is 11.8 Å². The summed E-state index contributed by atoms with van der Waals surface area (Å²) in [5.41, 5.74) is 4.73. The standard InChI is InChI=1S/C19H21ClN2O4S/c1-3-25-15-6-8-16(9-7-15)26-13(2)19(24)22-21-18(23)12-27-17-10-4-14(20)5-11-17/h4-11,13H,3,12H2,1-2H3,(H,21,23)(H,22,24). The lowest BCUT2D eigenvalue weighted by Crippen LogP contribution is -2.47. The van der Waals surface area contributed by atoms with E-state index in [9.17, 15) is 9.59 Å². The minimum atomic E-state index is -0.771. The topological polar surface area (TPSA) is 76.7 Å². The lowest BCUT2D eigenvalue weighted by molar-refractivity contribution is -0.131. The zero-order valence-corrected chi connectivity index (χ0v) is 16.6. The second-order valence-corrected chi connectivity index (χ2v) is 6.93. The van der Waals surface area contributed by atoms with E-state index in [1.165, 1.54) is 11.8 Å². The molecular formula is C19H21ClN2O4S. The Morgan fingerprint density at radius 1 is 1.04 bits per heavy atom. The summed E-state index contributed by atoms with van der Waals surface area (Å²) in [4.78, 5) is 24.8. The first-order chi connectivity index (χ1) is 13.0. The number of rotatable bonds is 8. The minimum Gasteiger partial charge on any atom is -0.494 e. The Bertz CT molecular complexity index is 753. The average molecular weight is 409 g/mol. The highest BCUT2D eigenvalue weighted by molar-refractivity contribution is 8.00. The Kier molecular flexibility index (Phi) is 8.29. The maximum absolute atomic E-state index is 12.0.